The van der Waals surface area contributed by atoms with E-state index in [-0.39, 0.29) is 0 Å². The molecule has 0 radical (unpaired) electrons. The first-order valence-electron chi connectivity index (χ1n) is 8.98. The number of aromatic nitrogens is 4. The van der Waals surface area contributed by atoms with Gasteiger partial charge in [0.05, 0.1) is 17.6 Å². The Morgan fingerprint density at radius 2 is 1.96 bits per heavy atom. The fourth-order valence-electron chi connectivity index (χ4n) is 3.37. The summed E-state index contributed by atoms with van der Waals surface area (Å²) in [6.07, 6.45) is 8.69. The minimum absolute atomic E-state index is 0.596. The van der Waals surface area contributed by atoms with Gasteiger partial charge in [-0.2, -0.15) is 0 Å². The van der Waals surface area contributed by atoms with Crippen molar-refractivity contribution in [1.82, 2.24) is 18.9 Å². The maximum Gasteiger partial charge on any atom is 0.169 e. The summed E-state index contributed by atoms with van der Waals surface area (Å²) in [6.45, 7) is 2.10. The molecule has 1 saturated carbocycles. The number of rotatable bonds is 5. The van der Waals surface area contributed by atoms with Crippen LogP contribution in [0.1, 0.15) is 30.1 Å². The van der Waals surface area contributed by atoms with Gasteiger partial charge in [-0.3, -0.25) is 0 Å². The second-order valence-corrected chi connectivity index (χ2v) is 7.78. The second-order valence-electron chi connectivity index (χ2n) is 6.84. The molecular formula is C21H20N4S. The van der Waals surface area contributed by atoms with Crippen LogP contribution in [0.2, 0.25) is 0 Å². The number of aryl methyl sites for hydroxylation is 1. The van der Waals surface area contributed by atoms with Crippen molar-refractivity contribution in [3.8, 4) is 11.3 Å². The smallest absolute Gasteiger partial charge is 0.169 e. The molecule has 0 N–H and O–H groups in total. The van der Waals surface area contributed by atoms with Crippen LogP contribution in [0.4, 0.5) is 0 Å². The fraction of sp³-hybridized carbons (Fsp3) is 0.238. The number of thioether (sulfide) groups is 1. The normalized spacial score (nSPS) is 14.2. The first-order valence-corrected chi connectivity index (χ1v) is 9.97. The van der Waals surface area contributed by atoms with Crippen molar-refractivity contribution in [2.75, 3.05) is 0 Å². The van der Waals surface area contributed by atoms with E-state index in [1.165, 1.54) is 29.7 Å². The minimum Gasteiger partial charge on any atom is -0.316 e. The molecule has 5 rings (SSSR count). The predicted molar refractivity (Wildman–Crippen MR) is 105 cm³/mol. The Hall–Kier alpha value is -2.53. The fourth-order valence-corrected chi connectivity index (χ4v) is 4.30. The van der Waals surface area contributed by atoms with Crippen LogP contribution < -0.4 is 0 Å². The predicted octanol–water partition coefficient (Wildman–Crippen LogP) is 5.13. The molecule has 1 fully saturated rings. The van der Waals surface area contributed by atoms with E-state index in [2.05, 4.69) is 70.7 Å². The lowest BCUT2D eigenvalue weighted by Gasteiger charge is -2.10. The first-order chi connectivity index (χ1) is 12.8. The lowest BCUT2D eigenvalue weighted by Crippen LogP contribution is -1.99. The molecular weight excluding hydrogens is 340 g/mol. The van der Waals surface area contributed by atoms with Gasteiger partial charge in [0.15, 0.2) is 5.16 Å². The molecule has 0 amide bonds. The van der Waals surface area contributed by atoms with E-state index >= 15 is 0 Å². The van der Waals surface area contributed by atoms with Crippen molar-refractivity contribution in [2.45, 2.75) is 36.7 Å². The average molecular weight is 360 g/mol. The Kier molecular flexibility index (Phi) is 3.82. The second kappa shape index (κ2) is 6.32. The van der Waals surface area contributed by atoms with Crippen LogP contribution in [0.25, 0.3) is 16.9 Å². The van der Waals surface area contributed by atoms with Gasteiger partial charge >= 0.3 is 0 Å². The standard InChI is InChI=1S/C21H20N4S/c1-15-6-5-11-24-13-17(23-20(15)24)14-26-21-22-12-19(25(21)18-9-10-18)16-7-3-2-4-8-16/h2-8,11-13,18H,9-10,14H2,1H3. The van der Waals surface area contributed by atoms with Gasteiger partial charge < -0.3 is 8.97 Å². The summed E-state index contributed by atoms with van der Waals surface area (Å²) in [5, 5.41) is 1.10. The van der Waals surface area contributed by atoms with E-state index < -0.39 is 0 Å². The lowest BCUT2D eigenvalue weighted by atomic mass is 10.2. The highest BCUT2D eigenvalue weighted by Crippen LogP contribution is 2.42. The molecule has 4 nitrogen and oxygen atoms in total. The Labute approximate surface area is 156 Å². The number of pyridine rings is 1. The molecule has 130 valence electrons. The van der Waals surface area contributed by atoms with Gasteiger partial charge in [-0.1, -0.05) is 48.2 Å². The molecule has 1 aromatic carbocycles. The quantitative estimate of drug-likeness (QED) is 0.463. The van der Waals surface area contributed by atoms with E-state index in [0.29, 0.717) is 6.04 Å². The maximum atomic E-state index is 4.79. The van der Waals surface area contributed by atoms with Gasteiger partial charge in [0.25, 0.3) is 0 Å². The van der Waals surface area contributed by atoms with Gasteiger partial charge in [0.1, 0.15) is 5.65 Å². The Morgan fingerprint density at radius 1 is 1.12 bits per heavy atom. The third kappa shape index (κ3) is 2.82. The molecule has 0 spiro atoms. The maximum absolute atomic E-state index is 4.79. The highest BCUT2D eigenvalue weighted by molar-refractivity contribution is 7.98. The van der Waals surface area contributed by atoms with Crippen molar-refractivity contribution >= 4 is 17.4 Å². The third-order valence-corrected chi connectivity index (χ3v) is 5.82. The molecule has 1 aliphatic carbocycles. The van der Waals surface area contributed by atoms with Gasteiger partial charge in [0, 0.05) is 24.2 Å². The Morgan fingerprint density at radius 3 is 2.73 bits per heavy atom. The zero-order chi connectivity index (χ0) is 17.5. The van der Waals surface area contributed by atoms with E-state index in [4.69, 9.17) is 9.97 Å². The first kappa shape index (κ1) is 15.7. The summed E-state index contributed by atoms with van der Waals surface area (Å²) in [5.41, 5.74) is 5.80. The van der Waals surface area contributed by atoms with E-state index in [1.807, 2.05) is 6.20 Å². The van der Waals surface area contributed by atoms with E-state index in [1.54, 1.807) is 11.8 Å². The van der Waals surface area contributed by atoms with Crippen molar-refractivity contribution in [1.29, 1.82) is 0 Å². The SMILES string of the molecule is Cc1cccn2cc(CSc3ncc(-c4ccccc4)n3C3CC3)nc12. The van der Waals surface area contributed by atoms with E-state index in [9.17, 15) is 0 Å². The van der Waals surface area contributed by atoms with Gasteiger partial charge in [0.2, 0.25) is 0 Å². The molecule has 0 unspecified atom stereocenters. The molecule has 3 aromatic heterocycles. The van der Waals surface area contributed by atoms with Gasteiger partial charge in [-0.15, -0.1) is 0 Å². The van der Waals surface area contributed by atoms with Crippen LogP contribution in [0, 0.1) is 6.92 Å². The van der Waals surface area contributed by atoms with Crippen LogP contribution >= 0.6 is 11.8 Å². The van der Waals surface area contributed by atoms with Crippen LogP contribution in [-0.4, -0.2) is 18.9 Å². The summed E-state index contributed by atoms with van der Waals surface area (Å²) in [7, 11) is 0. The van der Waals surface area contributed by atoms with Crippen molar-refractivity contribution in [3.63, 3.8) is 0 Å². The summed E-state index contributed by atoms with van der Waals surface area (Å²) in [5.74, 6) is 0.832. The van der Waals surface area contributed by atoms with Crippen LogP contribution in [0.5, 0.6) is 0 Å². The number of hydrogen-bond acceptors (Lipinski definition) is 3. The lowest BCUT2D eigenvalue weighted by molar-refractivity contribution is 0.669. The molecule has 4 aromatic rings. The topological polar surface area (TPSA) is 35.1 Å². The highest BCUT2D eigenvalue weighted by Gasteiger charge is 2.29. The Bertz CT molecular complexity index is 1060. The molecule has 0 saturated heterocycles. The molecule has 26 heavy (non-hydrogen) atoms. The molecule has 0 atom stereocenters. The van der Waals surface area contributed by atoms with Gasteiger partial charge in [-0.25, -0.2) is 9.97 Å². The van der Waals surface area contributed by atoms with Crippen molar-refractivity contribution < 1.29 is 0 Å². The van der Waals surface area contributed by atoms with Crippen LogP contribution in [0.3, 0.4) is 0 Å². The van der Waals surface area contributed by atoms with Crippen LogP contribution in [0.15, 0.2) is 66.2 Å². The summed E-state index contributed by atoms with van der Waals surface area (Å²) in [6, 6.07) is 15.3. The third-order valence-electron chi connectivity index (χ3n) is 4.82. The number of hydrogen-bond donors (Lipinski definition) is 0. The molecule has 3 heterocycles. The average Bonchev–Trinajstić information content (AvgIpc) is 3.27. The molecule has 5 heteroatoms. The summed E-state index contributed by atoms with van der Waals surface area (Å²) in [4.78, 5) is 9.52. The van der Waals surface area contributed by atoms with Crippen LogP contribution in [-0.2, 0) is 5.75 Å². The number of nitrogens with zero attached hydrogens (tertiary/aromatic N) is 4. The zero-order valence-corrected chi connectivity index (χ0v) is 15.5. The number of fused-ring (bicyclic) bond motifs is 1. The van der Waals surface area contributed by atoms with Crippen molar-refractivity contribution in [2.24, 2.45) is 0 Å². The van der Waals surface area contributed by atoms with Crippen molar-refractivity contribution in [3.05, 3.63) is 72.3 Å². The summed E-state index contributed by atoms with van der Waals surface area (Å²) >= 11 is 1.78. The van der Waals surface area contributed by atoms with E-state index in [0.717, 1.165) is 22.3 Å². The minimum atomic E-state index is 0.596. The largest absolute Gasteiger partial charge is 0.316 e. The highest BCUT2D eigenvalue weighted by atomic mass is 32.2. The number of benzene rings is 1. The van der Waals surface area contributed by atoms with Gasteiger partial charge in [-0.05, 0) is 37.0 Å². The molecule has 0 aliphatic heterocycles. The Balaban J connectivity index is 1.43. The summed E-state index contributed by atoms with van der Waals surface area (Å²) < 4.78 is 4.52. The number of imidazole rings is 2. The molecule has 0 bridgehead atoms. The molecule has 1 aliphatic rings. The zero-order valence-electron chi connectivity index (χ0n) is 14.7. The monoisotopic (exact) mass is 360 g/mol.